The van der Waals surface area contributed by atoms with Crippen molar-refractivity contribution in [3.05, 3.63) is 48.0 Å². The molecule has 1 aromatic heterocycles. The van der Waals surface area contributed by atoms with E-state index >= 15 is 0 Å². The number of rotatable bonds is 5. The van der Waals surface area contributed by atoms with Crippen molar-refractivity contribution in [1.82, 2.24) is 25.3 Å². The van der Waals surface area contributed by atoms with Crippen LogP contribution in [0.5, 0.6) is 0 Å². The van der Waals surface area contributed by atoms with E-state index in [4.69, 9.17) is 0 Å². The van der Waals surface area contributed by atoms with E-state index in [9.17, 15) is 14.0 Å². The van der Waals surface area contributed by atoms with Crippen LogP contribution in [0, 0.1) is 5.82 Å². The van der Waals surface area contributed by atoms with Crippen LogP contribution < -0.4 is 10.6 Å². The lowest BCUT2D eigenvalue weighted by atomic mass is 10.2. The molecule has 1 aliphatic rings. The molecule has 1 aromatic carbocycles. The molecule has 7 nitrogen and oxygen atoms in total. The summed E-state index contributed by atoms with van der Waals surface area (Å²) in [6.07, 6.45) is 2.97. The van der Waals surface area contributed by atoms with Gasteiger partial charge < -0.3 is 15.5 Å². The highest BCUT2D eigenvalue weighted by molar-refractivity contribution is 5.88. The minimum absolute atomic E-state index is 0.0619. The second kappa shape index (κ2) is 7.33. The largest absolute Gasteiger partial charge is 0.344 e. The third-order valence-electron chi connectivity index (χ3n) is 4.13. The van der Waals surface area contributed by atoms with E-state index in [1.165, 1.54) is 12.1 Å². The standard InChI is InChI=1S/C17H20FN5O2/c1-22-10-8-15(16(22)24)20-17(25)19-9-6-13-7-11-23(21-13)14-4-2-12(18)3-5-14/h2-5,7,11,15H,6,8-10H2,1H3,(H2,19,20,25)/t15-/m1/s1. The Morgan fingerprint density at radius 3 is 2.76 bits per heavy atom. The predicted octanol–water partition coefficient (Wildman–Crippen LogP) is 1.08. The van der Waals surface area contributed by atoms with Gasteiger partial charge in [0.15, 0.2) is 0 Å². The molecule has 1 fully saturated rings. The van der Waals surface area contributed by atoms with Crippen molar-refractivity contribution >= 4 is 11.9 Å². The molecule has 0 spiro atoms. The summed E-state index contributed by atoms with van der Waals surface area (Å²) < 4.78 is 14.6. The second-order valence-corrected chi connectivity index (χ2v) is 5.98. The van der Waals surface area contributed by atoms with Crippen LogP contribution in [0.3, 0.4) is 0 Å². The van der Waals surface area contributed by atoms with Gasteiger partial charge in [-0.3, -0.25) is 4.79 Å². The molecule has 0 aliphatic carbocycles. The smallest absolute Gasteiger partial charge is 0.315 e. The summed E-state index contributed by atoms with van der Waals surface area (Å²) in [5.74, 6) is -0.355. The molecule has 25 heavy (non-hydrogen) atoms. The van der Waals surface area contributed by atoms with E-state index in [1.807, 2.05) is 6.07 Å². The average molecular weight is 345 g/mol. The maximum absolute atomic E-state index is 12.9. The number of amides is 3. The number of hydrogen-bond acceptors (Lipinski definition) is 3. The first-order valence-corrected chi connectivity index (χ1v) is 8.13. The Morgan fingerprint density at radius 2 is 2.08 bits per heavy atom. The molecule has 0 radical (unpaired) electrons. The van der Waals surface area contributed by atoms with Crippen LogP contribution in [0.25, 0.3) is 5.69 Å². The van der Waals surface area contributed by atoms with E-state index in [2.05, 4.69) is 15.7 Å². The van der Waals surface area contributed by atoms with Crippen molar-refractivity contribution in [1.29, 1.82) is 0 Å². The van der Waals surface area contributed by atoms with Gasteiger partial charge in [-0.1, -0.05) is 0 Å². The van der Waals surface area contributed by atoms with Gasteiger partial charge >= 0.3 is 6.03 Å². The van der Waals surface area contributed by atoms with Gasteiger partial charge in [-0.2, -0.15) is 5.10 Å². The lowest BCUT2D eigenvalue weighted by Gasteiger charge is -2.12. The third kappa shape index (κ3) is 4.14. The summed E-state index contributed by atoms with van der Waals surface area (Å²) >= 11 is 0. The number of hydrogen-bond donors (Lipinski definition) is 2. The van der Waals surface area contributed by atoms with Crippen molar-refractivity contribution in [3.8, 4) is 5.69 Å². The highest BCUT2D eigenvalue weighted by Gasteiger charge is 2.29. The maximum atomic E-state index is 12.9. The SMILES string of the molecule is CN1CC[C@@H](NC(=O)NCCc2ccn(-c3ccc(F)cc3)n2)C1=O. The number of urea groups is 1. The van der Waals surface area contributed by atoms with Gasteiger partial charge in [0.05, 0.1) is 11.4 Å². The maximum Gasteiger partial charge on any atom is 0.315 e. The number of benzene rings is 1. The summed E-state index contributed by atoms with van der Waals surface area (Å²) in [4.78, 5) is 25.2. The van der Waals surface area contributed by atoms with Crippen LogP contribution in [-0.4, -0.2) is 52.8 Å². The summed E-state index contributed by atoms with van der Waals surface area (Å²) in [6.45, 7) is 1.06. The third-order valence-corrected chi connectivity index (χ3v) is 4.13. The monoisotopic (exact) mass is 345 g/mol. The number of carbonyl (C=O) groups excluding carboxylic acids is 2. The van der Waals surface area contributed by atoms with Crippen LogP contribution in [-0.2, 0) is 11.2 Å². The lowest BCUT2D eigenvalue weighted by Crippen LogP contribution is -2.46. The minimum atomic E-state index is -0.442. The number of aromatic nitrogens is 2. The van der Waals surface area contributed by atoms with Gasteiger partial charge in [0, 0.05) is 32.8 Å². The van der Waals surface area contributed by atoms with Crippen molar-refractivity contribution in [2.24, 2.45) is 0 Å². The van der Waals surface area contributed by atoms with Crippen molar-refractivity contribution in [2.75, 3.05) is 20.1 Å². The van der Waals surface area contributed by atoms with Crippen molar-refractivity contribution in [3.63, 3.8) is 0 Å². The molecule has 8 heteroatoms. The molecule has 0 saturated carbocycles. The average Bonchev–Trinajstić information content (AvgIpc) is 3.18. The quantitative estimate of drug-likeness (QED) is 0.851. The van der Waals surface area contributed by atoms with Crippen LogP contribution in [0.2, 0.25) is 0 Å². The zero-order valence-electron chi connectivity index (χ0n) is 13.9. The van der Waals surface area contributed by atoms with E-state index in [0.29, 0.717) is 25.9 Å². The van der Waals surface area contributed by atoms with Crippen molar-refractivity contribution < 1.29 is 14.0 Å². The zero-order chi connectivity index (χ0) is 17.8. The molecule has 3 rings (SSSR count). The Hall–Kier alpha value is -2.90. The molecular formula is C17H20FN5O2. The summed E-state index contributed by atoms with van der Waals surface area (Å²) in [7, 11) is 1.72. The van der Waals surface area contributed by atoms with E-state index in [-0.39, 0.29) is 17.8 Å². The fourth-order valence-corrected chi connectivity index (χ4v) is 2.70. The Balaban J connectivity index is 1.45. The van der Waals surface area contributed by atoms with E-state index in [1.54, 1.807) is 35.0 Å². The molecule has 2 heterocycles. The van der Waals surface area contributed by atoms with Gasteiger partial charge in [0.2, 0.25) is 5.91 Å². The molecule has 0 unspecified atom stereocenters. The Labute approximate surface area is 144 Å². The van der Waals surface area contributed by atoms with Gasteiger partial charge in [-0.05, 0) is 36.8 Å². The minimum Gasteiger partial charge on any atom is -0.344 e. The summed E-state index contributed by atoms with van der Waals surface area (Å²) in [5, 5.41) is 9.80. The fourth-order valence-electron chi connectivity index (χ4n) is 2.70. The zero-order valence-corrected chi connectivity index (χ0v) is 13.9. The molecular weight excluding hydrogens is 325 g/mol. The van der Waals surface area contributed by atoms with Gasteiger partial charge in [0.1, 0.15) is 11.9 Å². The molecule has 0 bridgehead atoms. The number of nitrogens with zero attached hydrogens (tertiary/aromatic N) is 3. The molecule has 1 saturated heterocycles. The first-order valence-electron chi connectivity index (χ1n) is 8.13. The Bertz CT molecular complexity index is 759. The fraction of sp³-hybridized carbons (Fsp3) is 0.353. The van der Waals surface area contributed by atoms with Crippen LogP contribution in [0.1, 0.15) is 12.1 Å². The van der Waals surface area contributed by atoms with Gasteiger partial charge in [-0.15, -0.1) is 0 Å². The van der Waals surface area contributed by atoms with Gasteiger partial charge in [0.25, 0.3) is 0 Å². The highest BCUT2D eigenvalue weighted by atomic mass is 19.1. The van der Waals surface area contributed by atoms with E-state index < -0.39 is 6.04 Å². The number of halogens is 1. The van der Waals surface area contributed by atoms with E-state index in [0.717, 1.165) is 11.4 Å². The number of likely N-dealkylation sites (N-methyl/N-ethyl adjacent to an activating group) is 1. The first kappa shape index (κ1) is 16.9. The second-order valence-electron chi connectivity index (χ2n) is 5.98. The predicted molar refractivity (Wildman–Crippen MR) is 89.8 cm³/mol. The first-order chi connectivity index (χ1) is 12.0. The number of carbonyl (C=O) groups is 2. The van der Waals surface area contributed by atoms with Crippen LogP contribution in [0.4, 0.5) is 9.18 Å². The molecule has 1 atom stereocenters. The van der Waals surface area contributed by atoms with Gasteiger partial charge in [-0.25, -0.2) is 13.9 Å². The number of nitrogens with one attached hydrogen (secondary N) is 2. The van der Waals surface area contributed by atoms with Crippen LogP contribution in [0.15, 0.2) is 36.5 Å². The summed E-state index contributed by atoms with van der Waals surface area (Å²) in [6, 6.07) is 7.10. The lowest BCUT2D eigenvalue weighted by molar-refractivity contribution is -0.128. The van der Waals surface area contributed by atoms with Crippen molar-refractivity contribution in [2.45, 2.75) is 18.9 Å². The number of likely N-dealkylation sites (tertiary alicyclic amines) is 1. The normalized spacial score (nSPS) is 17.0. The topological polar surface area (TPSA) is 79.3 Å². The molecule has 132 valence electrons. The molecule has 1 aliphatic heterocycles. The Morgan fingerprint density at radius 1 is 1.32 bits per heavy atom. The highest BCUT2D eigenvalue weighted by Crippen LogP contribution is 2.09. The molecule has 3 amide bonds. The Kier molecular flexibility index (Phi) is 4.97. The molecule has 2 N–H and O–H groups in total. The summed E-state index contributed by atoms with van der Waals surface area (Å²) in [5.41, 5.74) is 1.57. The van der Waals surface area contributed by atoms with Crippen LogP contribution >= 0.6 is 0 Å². The molecule has 2 aromatic rings.